The van der Waals surface area contributed by atoms with E-state index in [1.807, 2.05) is 68.4 Å². The summed E-state index contributed by atoms with van der Waals surface area (Å²) in [6, 6.07) is 16.3. The molecule has 1 heterocycles. The van der Waals surface area contributed by atoms with E-state index in [1.165, 1.54) is 4.90 Å². The summed E-state index contributed by atoms with van der Waals surface area (Å²) in [7, 11) is 1.67. The highest BCUT2D eigenvalue weighted by atomic mass is 16.2. The van der Waals surface area contributed by atoms with Gasteiger partial charge < -0.3 is 15.5 Å². The smallest absolute Gasteiger partial charge is 0.272 e. The van der Waals surface area contributed by atoms with E-state index >= 15 is 0 Å². The summed E-state index contributed by atoms with van der Waals surface area (Å²) >= 11 is 0. The molecule has 7 heteroatoms. The summed E-state index contributed by atoms with van der Waals surface area (Å²) in [6.45, 7) is 5.49. The number of likely N-dealkylation sites (N-methyl/N-ethyl adjacent to an activating group) is 1. The Morgan fingerprint density at radius 2 is 1.62 bits per heavy atom. The Hall–Kier alpha value is -3.48. The third kappa shape index (κ3) is 4.88. The molecule has 0 aromatic heterocycles. The lowest BCUT2D eigenvalue weighted by atomic mass is 10.0. The van der Waals surface area contributed by atoms with E-state index in [1.54, 1.807) is 14.0 Å². The van der Waals surface area contributed by atoms with Crippen LogP contribution in [-0.2, 0) is 14.4 Å². The Bertz CT molecular complexity index is 1010. The molecular formula is C25H30N4O3. The Kier molecular flexibility index (Phi) is 7.41. The van der Waals surface area contributed by atoms with Gasteiger partial charge in [-0.15, -0.1) is 0 Å². The predicted octanol–water partition coefficient (Wildman–Crippen LogP) is 2.88. The molecule has 32 heavy (non-hydrogen) atoms. The van der Waals surface area contributed by atoms with Gasteiger partial charge in [0.25, 0.3) is 5.91 Å². The van der Waals surface area contributed by atoms with Crippen molar-refractivity contribution in [1.29, 1.82) is 0 Å². The van der Waals surface area contributed by atoms with Gasteiger partial charge in [0, 0.05) is 24.1 Å². The minimum absolute atomic E-state index is 0.145. The first kappa shape index (κ1) is 23.2. The number of benzodiazepines with no additional fused rings is 1. The fourth-order valence-electron chi connectivity index (χ4n) is 3.76. The van der Waals surface area contributed by atoms with Crippen LogP contribution in [0.3, 0.4) is 0 Å². The van der Waals surface area contributed by atoms with Crippen LogP contribution < -0.4 is 15.5 Å². The summed E-state index contributed by atoms with van der Waals surface area (Å²) < 4.78 is 0. The van der Waals surface area contributed by atoms with E-state index in [9.17, 15) is 14.4 Å². The van der Waals surface area contributed by atoms with Crippen LogP contribution in [0.15, 0.2) is 59.6 Å². The number of hydrogen-bond acceptors (Lipinski definition) is 4. The van der Waals surface area contributed by atoms with Crippen molar-refractivity contribution in [2.45, 2.75) is 45.8 Å². The lowest BCUT2D eigenvalue weighted by Crippen LogP contribution is -2.53. The number of nitrogens with one attached hydrogen (secondary N) is 2. The fourth-order valence-corrected chi connectivity index (χ4v) is 3.76. The molecule has 3 amide bonds. The van der Waals surface area contributed by atoms with Gasteiger partial charge >= 0.3 is 0 Å². The Morgan fingerprint density at radius 1 is 1.00 bits per heavy atom. The van der Waals surface area contributed by atoms with Crippen LogP contribution in [0.2, 0.25) is 0 Å². The van der Waals surface area contributed by atoms with Crippen molar-refractivity contribution in [3.05, 3.63) is 65.7 Å². The molecule has 168 valence electrons. The number of amides is 3. The van der Waals surface area contributed by atoms with E-state index in [-0.39, 0.29) is 17.7 Å². The molecule has 0 radical (unpaired) electrons. The van der Waals surface area contributed by atoms with Gasteiger partial charge in [0.2, 0.25) is 18.0 Å². The van der Waals surface area contributed by atoms with Gasteiger partial charge in [-0.05, 0) is 25.8 Å². The largest absolute Gasteiger partial charge is 0.344 e. The number of carbonyl (C=O) groups is 3. The van der Waals surface area contributed by atoms with Gasteiger partial charge in [0.1, 0.15) is 6.04 Å². The summed E-state index contributed by atoms with van der Waals surface area (Å²) in [5.74, 6) is -1.12. The second kappa shape index (κ2) is 10.2. The molecule has 2 atom stereocenters. The van der Waals surface area contributed by atoms with Crippen LogP contribution in [0.4, 0.5) is 5.69 Å². The van der Waals surface area contributed by atoms with Crippen molar-refractivity contribution < 1.29 is 14.4 Å². The monoisotopic (exact) mass is 434 g/mol. The first-order valence-corrected chi connectivity index (χ1v) is 11.0. The summed E-state index contributed by atoms with van der Waals surface area (Å²) in [4.78, 5) is 44.6. The van der Waals surface area contributed by atoms with Gasteiger partial charge in [-0.25, -0.2) is 4.99 Å². The van der Waals surface area contributed by atoms with Gasteiger partial charge in [-0.1, -0.05) is 62.4 Å². The maximum atomic E-state index is 13.2. The third-order valence-corrected chi connectivity index (χ3v) is 5.78. The fraction of sp³-hybridized carbons (Fsp3) is 0.360. The van der Waals surface area contributed by atoms with E-state index in [0.717, 1.165) is 11.1 Å². The van der Waals surface area contributed by atoms with Gasteiger partial charge in [0.05, 0.1) is 11.4 Å². The number of hydrogen-bond donors (Lipinski definition) is 2. The zero-order valence-electron chi connectivity index (χ0n) is 19.0. The SMILES string of the molecule is CCC(CC)C(=O)N[C@@H](C)C(=O)N[C@H]1N=C(c2ccccc2)c2ccccc2N(C)C1=O. The standard InChI is InChI=1S/C25H30N4O3/c1-5-17(6-2)24(31)26-16(3)23(30)28-22-25(32)29(4)20-15-11-10-14-19(20)21(27-22)18-12-8-7-9-13-18/h7-17,22H,5-6H2,1-4H3,(H,26,31)(H,28,30)/t16-,22+/m0/s1. The van der Waals surface area contributed by atoms with Crippen LogP contribution in [0.25, 0.3) is 0 Å². The Morgan fingerprint density at radius 3 is 2.28 bits per heavy atom. The molecule has 0 saturated carbocycles. The van der Waals surface area contributed by atoms with E-state index in [0.29, 0.717) is 24.2 Å². The number of rotatable bonds is 7. The first-order valence-electron chi connectivity index (χ1n) is 11.0. The zero-order valence-corrected chi connectivity index (χ0v) is 19.0. The van der Waals surface area contributed by atoms with Crippen molar-refractivity contribution in [3.63, 3.8) is 0 Å². The average molecular weight is 435 g/mol. The molecule has 0 spiro atoms. The van der Waals surface area contributed by atoms with E-state index < -0.39 is 18.1 Å². The van der Waals surface area contributed by atoms with Crippen molar-refractivity contribution in [1.82, 2.24) is 10.6 Å². The molecule has 1 aliphatic heterocycles. The lowest BCUT2D eigenvalue weighted by molar-refractivity contribution is -0.132. The number of fused-ring (bicyclic) bond motifs is 1. The molecule has 1 aliphatic rings. The highest BCUT2D eigenvalue weighted by Gasteiger charge is 2.32. The maximum Gasteiger partial charge on any atom is 0.272 e. The number of anilines is 1. The second-order valence-corrected chi connectivity index (χ2v) is 7.91. The van der Waals surface area contributed by atoms with Gasteiger partial charge in [-0.3, -0.25) is 14.4 Å². The molecule has 2 aromatic carbocycles. The molecule has 7 nitrogen and oxygen atoms in total. The minimum atomic E-state index is -1.11. The van der Waals surface area contributed by atoms with Gasteiger partial charge in [0.15, 0.2) is 0 Å². The Labute approximate surface area is 188 Å². The van der Waals surface area contributed by atoms with Crippen molar-refractivity contribution in [3.8, 4) is 0 Å². The van der Waals surface area contributed by atoms with Gasteiger partial charge in [-0.2, -0.15) is 0 Å². The maximum absolute atomic E-state index is 13.2. The van der Waals surface area contributed by atoms with E-state index in [4.69, 9.17) is 0 Å². The molecule has 2 N–H and O–H groups in total. The van der Waals surface area contributed by atoms with Crippen LogP contribution in [0.1, 0.15) is 44.7 Å². The minimum Gasteiger partial charge on any atom is -0.344 e. The summed E-state index contributed by atoms with van der Waals surface area (Å²) in [5.41, 5.74) is 2.99. The number of nitrogens with zero attached hydrogens (tertiary/aromatic N) is 2. The Balaban J connectivity index is 1.90. The first-order chi connectivity index (χ1) is 15.4. The van der Waals surface area contributed by atoms with Crippen LogP contribution >= 0.6 is 0 Å². The van der Waals surface area contributed by atoms with Crippen molar-refractivity contribution >= 4 is 29.1 Å². The van der Waals surface area contributed by atoms with Crippen molar-refractivity contribution in [2.24, 2.45) is 10.9 Å². The van der Waals surface area contributed by atoms with E-state index in [2.05, 4.69) is 15.6 Å². The molecule has 0 bridgehead atoms. The molecular weight excluding hydrogens is 404 g/mol. The quantitative estimate of drug-likeness (QED) is 0.702. The molecule has 2 aromatic rings. The average Bonchev–Trinajstić information content (AvgIpc) is 2.91. The topological polar surface area (TPSA) is 90.9 Å². The highest BCUT2D eigenvalue weighted by molar-refractivity contribution is 6.20. The number of aliphatic imine (C=N–C) groups is 1. The van der Waals surface area contributed by atoms with Crippen molar-refractivity contribution in [2.75, 3.05) is 11.9 Å². The normalized spacial score (nSPS) is 16.7. The number of benzene rings is 2. The third-order valence-electron chi connectivity index (χ3n) is 5.78. The summed E-state index contributed by atoms with van der Waals surface area (Å²) in [6.07, 6.45) is 0.291. The number of carbonyl (C=O) groups excluding carboxylic acids is 3. The zero-order chi connectivity index (χ0) is 23.3. The summed E-state index contributed by atoms with van der Waals surface area (Å²) in [5, 5.41) is 5.47. The number of para-hydroxylation sites is 1. The molecule has 3 rings (SSSR count). The van der Waals surface area contributed by atoms with Crippen LogP contribution in [-0.4, -0.2) is 42.7 Å². The van der Waals surface area contributed by atoms with Crippen LogP contribution in [0, 0.1) is 5.92 Å². The highest BCUT2D eigenvalue weighted by Crippen LogP contribution is 2.27. The second-order valence-electron chi connectivity index (χ2n) is 7.91. The molecule has 0 saturated heterocycles. The molecule has 0 aliphatic carbocycles. The predicted molar refractivity (Wildman–Crippen MR) is 126 cm³/mol. The molecule has 0 fully saturated rings. The molecule has 0 unspecified atom stereocenters. The lowest BCUT2D eigenvalue weighted by Gasteiger charge is -2.23. The van der Waals surface area contributed by atoms with Crippen LogP contribution in [0.5, 0.6) is 0 Å².